The highest BCUT2D eigenvalue weighted by Crippen LogP contribution is 2.22. The fourth-order valence-electron chi connectivity index (χ4n) is 2.91. The summed E-state index contributed by atoms with van der Waals surface area (Å²) in [7, 11) is 0. The molecule has 0 radical (unpaired) electrons. The Morgan fingerprint density at radius 1 is 1.22 bits per heavy atom. The molecule has 1 atom stereocenters. The Balaban J connectivity index is 1.90. The number of nitrogens with zero attached hydrogens (tertiary/aromatic N) is 2. The van der Waals surface area contributed by atoms with Gasteiger partial charge >= 0.3 is 0 Å². The van der Waals surface area contributed by atoms with Gasteiger partial charge in [0.2, 0.25) is 0 Å². The van der Waals surface area contributed by atoms with Crippen LogP contribution in [0.5, 0.6) is 0 Å². The molecular formula is C16H20N2. The summed E-state index contributed by atoms with van der Waals surface area (Å²) in [5.41, 5.74) is 2.53. The third-order valence-electron chi connectivity index (χ3n) is 4.03. The van der Waals surface area contributed by atoms with Crippen LogP contribution in [0.3, 0.4) is 0 Å². The summed E-state index contributed by atoms with van der Waals surface area (Å²) in [6, 6.07) is 11.4. The zero-order chi connectivity index (χ0) is 12.4. The lowest BCUT2D eigenvalue weighted by molar-refractivity contribution is 0.153. The van der Waals surface area contributed by atoms with Crippen molar-refractivity contribution in [1.29, 1.82) is 0 Å². The van der Waals surface area contributed by atoms with Crippen LogP contribution in [0.15, 0.2) is 36.5 Å². The highest BCUT2D eigenvalue weighted by molar-refractivity contribution is 5.81. The Morgan fingerprint density at radius 3 is 3.00 bits per heavy atom. The lowest BCUT2D eigenvalue weighted by Gasteiger charge is -2.33. The molecule has 0 N–H and O–H groups in total. The Kier molecular flexibility index (Phi) is 3.28. The monoisotopic (exact) mass is 240 g/mol. The van der Waals surface area contributed by atoms with E-state index in [1.165, 1.54) is 36.8 Å². The van der Waals surface area contributed by atoms with Gasteiger partial charge in [-0.3, -0.25) is 9.88 Å². The molecule has 2 heteroatoms. The molecule has 94 valence electrons. The predicted molar refractivity (Wildman–Crippen MR) is 75.5 cm³/mol. The van der Waals surface area contributed by atoms with Crippen molar-refractivity contribution < 1.29 is 0 Å². The van der Waals surface area contributed by atoms with Gasteiger partial charge in [-0.2, -0.15) is 0 Å². The van der Waals surface area contributed by atoms with Gasteiger partial charge < -0.3 is 0 Å². The summed E-state index contributed by atoms with van der Waals surface area (Å²) < 4.78 is 0. The van der Waals surface area contributed by atoms with Crippen molar-refractivity contribution in [2.24, 2.45) is 0 Å². The van der Waals surface area contributed by atoms with Gasteiger partial charge in [0.25, 0.3) is 0 Å². The number of fused-ring (bicyclic) bond motifs is 1. The van der Waals surface area contributed by atoms with Crippen molar-refractivity contribution in [3.63, 3.8) is 0 Å². The number of piperidine rings is 1. The number of pyridine rings is 1. The number of rotatable bonds is 2. The summed E-state index contributed by atoms with van der Waals surface area (Å²) >= 11 is 0. The molecule has 1 aromatic carbocycles. The zero-order valence-electron chi connectivity index (χ0n) is 11.0. The average Bonchev–Trinajstić information content (AvgIpc) is 2.42. The number of aromatic nitrogens is 1. The van der Waals surface area contributed by atoms with Crippen molar-refractivity contribution >= 4 is 10.9 Å². The molecule has 1 aliphatic heterocycles. The first-order valence-electron chi connectivity index (χ1n) is 6.91. The van der Waals surface area contributed by atoms with Crippen LogP contribution in [0.1, 0.15) is 31.7 Å². The minimum Gasteiger partial charge on any atom is -0.296 e. The molecule has 2 nitrogen and oxygen atoms in total. The van der Waals surface area contributed by atoms with E-state index < -0.39 is 0 Å². The zero-order valence-corrected chi connectivity index (χ0v) is 11.0. The topological polar surface area (TPSA) is 16.1 Å². The van der Waals surface area contributed by atoms with Crippen LogP contribution in [0.2, 0.25) is 0 Å². The van der Waals surface area contributed by atoms with Crippen LogP contribution in [0, 0.1) is 0 Å². The van der Waals surface area contributed by atoms with E-state index in [2.05, 4.69) is 41.1 Å². The number of benzene rings is 1. The van der Waals surface area contributed by atoms with Crippen molar-refractivity contribution in [3.05, 3.63) is 42.1 Å². The van der Waals surface area contributed by atoms with Crippen LogP contribution in [0.4, 0.5) is 0 Å². The minimum absolute atomic E-state index is 0.706. The highest BCUT2D eigenvalue weighted by atomic mass is 15.2. The van der Waals surface area contributed by atoms with Crippen LogP contribution < -0.4 is 0 Å². The molecule has 1 saturated heterocycles. The van der Waals surface area contributed by atoms with Crippen molar-refractivity contribution in [1.82, 2.24) is 9.88 Å². The largest absolute Gasteiger partial charge is 0.296 e. The molecule has 0 amide bonds. The first-order valence-corrected chi connectivity index (χ1v) is 6.91. The SMILES string of the molecule is CC1CCCCN1Cc1cccc2cccnc12. The Bertz CT molecular complexity index is 530. The summed E-state index contributed by atoms with van der Waals surface area (Å²) in [6.45, 7) is 4.61. The number of hydrogen-bond donors (Lipinski definition) is 0. The number of hydrogen-bond acceptors (Lipinski definition) is 2. The molecule has 18 heavy (non-hydrogen) atoms. The van der Waals surface area contributed by atoms with Gasteiger partial charge in [0.15, 0.2) is 0 Å². The van der Waals surface area contributed by atoms with Crippen molar-refractivity contribution in [2.45, 2.75) is 38.8 Å². The number of likely N-dealkylation sites (tertiary alicyclic amines) is 1. The first kappa shape index (κ1) is 11.7. The molecule has 0 saturated carbocycles. The van der Waals surface area contributed by atoms with Crippen LogP contribution >= 0.6 is 0 Å². The van der Waals surface area contributed by atoms with E-state index in [-0.39, 0.29) is 0 Å². The molecular weight excluding hydrogens is 220 g/mol. The molecule has 1 aromatic heterocycles. The second-order valence-electron chi connectivity index (χ2n) is 5.31. The molecule has 1 unspecified atom stereocenters. The molecule has 1 aliphatic rings. The van der Waals surface area contributed by atoms with E-state index in [0.717, 1.165) is 12.1 Å². The van der Waals surface area contributed by atoms with Gasteiger partial charge in [0, 0.05) is 24.2 Å². The van der Waals surface area contributed by atoms with Gasteiger partial charge in [-0.05, 0) is 37.9 Å². The molecule has 0 bridgehead atoms. The number of para-hydroxylation sites is 1. The molecule has 0 spiro atoms. The van der Waals surface area contributed by atoms with Gasteiger partial charge in [-0.25, -0.2) is 0 Å². The average molecular weight is 240 g/mol. The Labute approximate surface area is 109 Å². The molecule has 1 fully saturated rings. The summed E-state index contributed by atoms with van der Waals surface area (Å²) in [4.78, 5) is 7.14. The maximum absolute atomic E-state index is 4.55. The normalized spacial score (nSPS) is 21.3. The highest BCUT2D eigenvalue weighted by Gasteiger charge is 2.18. The lowest BCUT2D eigenvalue weighted by atomic mass is 10.0. The third kappa shape index (κ3) is 2.25. The van der Waals surface area contributed by atoms with Crippen molar-refractivity contribution in [3.8, 4) is 0 Å². The maximum Gasteiger partial charge on any atom is 0.0746 e. The predicted octanol–water partition coefficient (Wildman–Crippen LogP) is 3.61. The van der Waals surface area contributed by atoms with Crippen molar-refractivity contribution in [2.75, 3.05) is 6.54 Å². The minimum atomic E-state index is 0.706. The Hall–Kier alpha value is -1.41. The van der Waals surface area contributed by atoms with E-state index in [4.69, 9.17) is 0 Å². The summed E-state index contributed by atoms with van der Waals surface area (Å²) in [5.74, 6) is 0. The second-order valence-corrected chi connectivity index (χ2v) is 5.31. The summed E-state index contributed by atoms with van der Waals surface area (Å²) in [6.07, 6.45) is 5.94. The van der Waals surface area contributed by atoms with Gasteiger partial charge in [-0.15, -0.1) is 0 Å². The molecule has 3 rings (SSSR count). The van der Waals surface area contributed by atoms with Gasteiger partial charge in [0.1, 0.15) is 0 Å². The Morgan fingerprint density at radius 2 is 2.11 bits per heavy atom. The lowest BCUT2D eigenvalue weighted by Crippen LogP contribution is -2.36. The summed E-state index contributed by atoms with van der Waals surface area (Å²) in [5, 5.41) is 1.25. The third-order valence-corrected chi connectivity index (χ3v) is 4.03. The van der Waals surface area contributed by atoms with Gasteiger partial charge in [0.05, 0.1) is 5.52 Å². The van der Waals surface area contributed by atoms with Crippen LogP contribution in [0.25, 0.3) is 10.9 Å². The standard InChI is InChI=1S/C16H20N2/c1-13-6-2-3-11-18(13)12-15-8-4-7-14-9-5-10-17-16(14)15/h4-5,7-10,13H,2-3,6,11-12H2,1H3. The quantitative estimate of drug-likeness (QED) is 0.797. The van der Waals surface area contributed by atoms with Gasteiger partial charge in [-0.1, -0.05) is 30.7 Å². The van der Waals surface area contributed by atoms with E-state index in [1.807, 2.05) is 12.3 Å². The maximum atomic E-state index is 4.55. The fourth-order valence-corrected chi connectivity index (χ4v) is 2.91. The second kappa shape index (κ2) is 5.07. The van der Waals surface area contributed by atoms with Crippen LogP contribution in [-0.2, 0) is 6.54 Å². The first-order chi connectivity index (χ1) is 8.84. The van der Waals surface area contributed by atoms with Crippen LogP contribution in [-0.4, -0.2) is 22.5 Å². The molecule has 2 aromatic rings. The van der Waals surface area contributed by atoms with E-state index >= 15 is 0 Å². The smallest absolute Gasteiger partial charge is 0.0746 e. The fraction of sp³-hybridized carbons (Fsp3) is 0.438. The molecule has 2 heterocycles. The van der Waals surface area contributed by atoms with E-state index in [1.54, 1.807) is 0 Å². The molecule has 0 aliphatic carbocycles. The van der Waals surface area contributed by atoms with E-state index in [9.17, 15) is 0 Å². The van der Waals surface area contributed by atoms with E-state index in [0.29, 0.717) is 6.04 Å².